The van der Waals surface area contributed by atoms with E-state index in [4.69, 9.17) is 4.74 Å². The summed E-state index contributed by atoms with van der Waals surface area (Å²) in [5.41, 5.74) is 0.458. The van der Waals surface area contributed by atoms with Crippen molar-refractivity contribution in [3.8, 4) is 0 Å². The van der Waals surface area contributed by atoms with Gasteiger partial charge in [0.05, 0.1) is 5.60 Å². The van der Waals surface area contributed by atoms with E-state index in [1.54, 1.807) is 0 Å². The summed E-state index contributed by atoms with van der Waals surface area (Å²) in [6.07, 6.45) is 7.76. The number of ether oxygens (including phenoxy) is 1. The summed E-state index contributed by atoms with van der Waals surface area (Å²) in [5.74, 6) is 0. The van der Waals surface area contributed by atoms with Crippen molar-refractivity contribution in [3.63, 3.8) is 0 Å². The van der Waals surface area contributed by atoms with Crippen molar-refractivity contribution in [2.75, 3.05) is 27.2 Å². The average Bonchev–Trinajstić information content (AvgIpc) is 2.75. The summed E-state index contributed by atoms with van der Waals surface area (Å²) >= 11 is 0. The van der Waals surface area contributed by atoms with Crippen molar-refractivity contribution in [3.05, 3.63) is 0 Å². The van der Waals surface area contributed by atoms with Gasteiger partial charge in [-0.05, 0) is 53.6 Å². The molecule has 3 heteroatoms. The Bertz CT molecular complexity index is 270. The fraction of sp³-hybridized carbons (Fsp3) is 1.00. The highest BCUT2D eigenvalue weighted by Crippen LogP contribution is 2.33. The Morgan fingerprint density at radius 1 is 1.22 bits per heavy atom. The molecule has 1 unspecified atom stereocenters. The predicted molar refractivity (Wildman–Crippen MR) is 75.9 cm³/mol. The van der Waals surface area contributed by atoms with Gasteiger partial charge in [0.25, 0.3) is 0 Å². The lowest BCUT2D eigenvalue weighted by Crippen LogP contribution is -2.53. The van der Waals surface area contributed by atoms with Crippen LogP contribution in [0.1, 0.15) is 52.4 Å². The van der Waals surface area contributed by atoms with Crippen molar-refractivity contribution in [2.45, 2.75) is 69.6 Å². The fourth-order valence-corrected chi connectivity index (χ4v) is 3.56. The molecule has 1 aliphatic heterocycles. The van der Waals surface area contributed by atoms with E-state index in [0.717, 1.165) is 26.0 Å². The summed E-state index contributed by atoms with van der Waals surface area (Å²) in [5, 5.41) is 3.82. The van der Waals surface area contributed by atoms with Crippen molar-refractivity contribution < 1.29 is 4.74 Å². The van der Waals surface area contributed by atoms with Gasteiger partial charge in [0.15, 0.2) is 0 Å². The molecule has 18 heavy (non-hydrogen) atoms. The lowest BCUT2D eigenvalue weighted by molar-refractivity contribution is -0.0642. The van der Waals surface area contributed by atoms with Gasteiger partial charge in [-0.3, -0.25) is 0 Å². The van der Waals surface area contributed by atoms with Crippen LogP contribution in [0.5, 0.6) is 0 Å². The molecule has 1 saturated carbocycles. The Morgan fingerprint density at radius 3 is 2.44 bits per heavy atom. The van der Waals surface area contributed by atoms with Crippen LogP contribution < -0.4 is 5.32 Å². The first-order valence-electron chi connectivity index (χ1n) is 7.48. The van der Waals surface area contributed by atoms with Gasteiger partial charge in [0, 0.05) is 24.7 Å². The fourth-order valence-electron chi connectivity index (χ4n) is 3.56. The summed E-state index contributed by atoms with van der Waals surface area (Å²) < 4.78 is 5.79. The van der Waals surface area contributed by atoms with Crippen LogP contribution in [0.15, 0.2) is 0 Å². The van der Waals surface area contributed by atoms with E-state index in [-0.39, 0.29) is 5.60 Å². The first-order chi connectivity index (χ1) is 8.44. The first-order valence-corrected chi connectivity index (χ1v) is 7.48. The van der Waals surface area contributed by atoms with E-state index in [1.165, 1.54) is 25.7 Å². The van der Waals surface area contributed by atoms with Crippen molar-refractivity contribution >= 4 is 0 Å². The third-order valence-electron chi connectivity index (χ3n) is 4.90. The molecule has 0 radical (unpaired) electrons. The number of nitrogens with zero attached hydrogens (tertiary/aromatic N) is 1. The van der Waals surface area contributed by atoms with E-state index < -0.39 is 0 Å². The van der Waals surface area contributed by atoms with Gasteiger partial charge in [-0.2, -0.15) is 0 Å². The highest BCUT2D eigenvalue weighted by atomic mass is 16.5. The van der Waals surface area contributed by atoms with Gasteiger partial charge >= 0.3 is 0 Å². The maximum atomic E-state index is 5.79. The molecule has 1 aliphatic carbocycles. The Kier molecular flexibility index (Phi) is 4.35. The van der Waals surface area contributed by atoms with Gasteiger partial charge in [-0.15, -0.1) is 0 Å². The van der Waals surface area contributed by atoms with Crippen LogP contribution in [0.2, 0.25) is 0 Å². The van der Waals surface area contributed by atoms with Gasteiger partial charge < -0.3 is 15.0 Å². The molecule has 0 aromatic rings. The van der Waals surface area contributed by atoms with E-state index in [0.29, 0.717) is 11.6 Å². The average molecular weight is 254 g/mol. The number of likely N-dealkylation sites (N-methyl/N-ethyl adjacent to an activating group) is 1. The van der Waals surface area contributed by atoms with Crippen LogP contribution in [-0.2, 0) is 4.74 Å². The molecular formula is C15H30N2O. The molecule has 0 spiro atoms. The second kappa shape index (κ2) is 5.48. The molecule has 0 bridgehead atoms. The molecule has 106 valence electrons. The molecule has 1 saturated heterocycles. The molecule has 1 heterocycles. The number of hydrogen-bond donors (Lipinski definition) is 1. The molecule has 1 atom stereocenters. The summed E-state index contributed by atoms with van der Waals surface area (Å²) in [7, 11) is 4.47. The van der Waals surface area contributed by atoms with E-state index in [2.05, 4.69) is 38.2 Å². The molecule has 0 aromatic heterocycles. The number of hydrogen-bond acceptors (Lipinski definition) is 3. The minimum Gasteiger partial charge on any atom is -0.375 e. The van der Waals surface area contributed by atoms with Crippen LogP contribution >= 0.6 is 0 Å². The predicted octanol–water partition coefficient (Wildman–Crippen LogP) is 2.41. The van der Waals surface area contributed by atoms with E-state index in [1.807, 2.05) is 0 Å². The number of nitrogens with one attached hydrogen (secondary N) is 1. The minimum atomic E-state index is 0.0525. The van der Waals surface area contributed by atoms with Crippen LogP contribution in [-0.4, -0.2) is 49.3 Å². The molecule has 3 nitrogen and oxygen atoms in total. The first kappa shape index (κ1) is 14.3. The highest BCUT2D eigenvalue weighted by Gasteiger charge is 2.37. The third kappa shape index (κ3) is 3.25. The second-order valence-electron chi connectivity index (χ2n) is 7.00. The molecule has 1 N–H and O–H groups in total. The third-order valence-corrected chi connectivity index (χ3v) is 4.90. The maximum Gasteiger partial charge on any atom is 0.0641 e. The topological polar surface area (TPSA) is 24.5 Å². The molecule has 2 aliphatic rings. The van der Waals surface area contributed by atoms with E-state index in [9.17, 15) is 0 Å². The molecule has 2 fully saturated rings. The van der Waals surface area contributed by atoms with Crippen LogP contribution in [0, 0.1) is 0 Å². The quantitative estimate of drug-likeness (QED) is 0.834. The Labute approximate surface area is 112 Å². The zero-order valence-electron chi connectivity index (χ0n) is 12.6. The van der Waals surface area contributed by atoms with Crippen molar-refractivity contribution in [1.82, 2.24) is 10.2 Å². The zero-order valence-corrected chi connectivity index (χ0v) is 12.6. The van der Waals surface area contributed by atoms with Gasteiger partial charge in [0.1, 0.15) is 0 Å². The Balaban J connectivity index is 1.86. The highest BCUT2D eigenvalue weighted by molar-refractivity contribution is 4.96. The van der Waals surface area contributed by atoms with Gasteiger partial charge in [-0.1, -0.05) is 12.8 Å². The monoisotopic (exact) mass is 254 g/mol. The second-order valence-corrected chi connectivity index (χ2v) is 7.00. The smallest absolute Gasteiger partial charge is 0.0641 e. The molecule has 0 aromatic carbocycles. The summed E-state index contributed by atoms with van der Waals surface area (Å²) in [6.45, 7) is 6.45. The molecular weight excluding hydrogens is 224 g/mol. The Morgan fingerprint density at radius 2 is 1.89 bits per heavy atom. The SMILES string of the molecule is CN(C)C1(CNC2CCOC(C)(C)C2)CCCC1. The van der Waals surface area contributed by atoms with Gasteiger partial charge in [0.2, 0.25) is 0 Å². The lowest BCUT2D eigenvalue weighted by atomic mass is 9.91. The molecule has 2 rings (SSSR count). The maximum absolute atomic E-state index is 5.79. The van der Waals surface area contributed by atoms with Crippen LogP contribution in [0.25, 0.3) is 0 Å². The van der Waals surface area contributed by atoms with Crippen molar-refractivity contribution in [1.29, 1.82) is 0 Å². The van der Waals surface area contributed by atoms with Crippen LogP contribution in [0.3, 0.4) is 0 Å². The van der Waals surface area contributed by atoms with Crippen molar-refractivity contribution in [2.24, 2.45) is 0 Å². The lowest BCUT2D eigenvalue weighted by Gasteiger charge is -2.41. The molecule has 0 amide bonds. The number of rotatable bonds is 4. The summed E-state index contributed by atoms with van der Waals surface area (Å²) in [6, 6.07) is 0.631. The Hall–Kier alpha value is -0.120. The van der Waals surface area contributed by atoms with Gasteiger partial charge in [-0.25, -0.2) is 0 Å². The van der Waals surface area contributed by atoms with E-state index >= 15 is 0 Å². The largest absolute Gasteiger partial charge is 0.375 e. The standard InChI is InChI=1S/C15H30N2O/c1-14(2)11-13(7-10-18-14)16-12-15(17(3)4)8-5-6-9-15/h13,16H,5-12H2,1-4H3. The summed E-state index contributed by atoms with van der Waals surface area (Å²) in [4.78, 5) is 2.44. The zero-order chi connectivity index (χ0) is 13.2. The van der Waals surface area contributed by atoms with Crippen LogP contribution in [0.4, 0.5) is 0 Å². The normalized spacial score (nSPS) is 30.8. The minimum absolute atomic E-state index is 0.0525.